The largest absolute Gasteiger partial charge is 0.490 e. The van der Waals surface area contributed by atoms with Gasteiger partial charge in [0, 0.05) is 5.56 Å². The highest BCUT2D eigenvalue weighted by Crippen LogP contribution is 2.28. The first-order chi connectivity index (χ1) is 10.7. The fourth-order valence-corrected chi connectivity index (χ4v) is 2.00. The fraction of sp³-hybridized carbons (Fsp3) is 0.235. The van der Waals surface area contributed by atoms with Crippen molar-refractivity contribution in [3.63, 3.8) is 0 Å². The van der Waals surface area contributed by atoms with Gasteiger partial charge in [-0.25, -0.2) is 0 Å². The van der Waals surface area contributed by atoms with E-state index in [0.29, 0.717) is 36.3 Å². The Kier molecular flexibility index (Phi) is 6.03. The third-order valence-electron chi connectivity index (χ3n) is 2.88. The highest BCUT2D eigenvalue weighted by atomic mass is 32.1. The molecule has 2 aromatic rings. The molecule has 22 heavy (non-hydrogen) atoms. The molecule has 0 bridgehead atoms. The van der Waals surface area contributed by atoms with Crippen LogP contribution in [0.1, 0.15) is 12.5 Å². The molecule has 0 radical (unpaired) electrons. The first-order valence-corrected chi connectivity index (χ1v) is 7.49. The van der Waals surface area contributed by atoms with Crippen LogP contribution in [0.2, 0.25) is 0 Å². The molecule has 116 valence electrons. The van der Waals surface area contributed by atoms with Crippen LogP contribution >= 0.6 is 12.2 Å². The Balaban J connectivity index is 1.92. The predicted octanol–water partition coefficient (Wildman–Crippen LogP) is 3.18. The maximum absolute atomic E-state index is 5.71. The monoisotopic (exact) mass is 317 g/mol. The lowest BCUT2D eigenvalue weighted by Crippen LogP contribution is -2.12. The number of hydrogen-bond donors (Lipinski definition) is 1. The summed E-state index contributed by atoms with van der Waals surface area (Å²) in [5, 5.41) is 0. The number of para-hydroxylation sites is 1. The first-order valence-electron chi connectivity index (χ1n) is 7.08. The van der Waals surface area contributed by atoms with Gasteiger partial charge in [-0.15, -0.1) is 0 Å². The van der Waals surface area contributed by atoms with E-state index in [4.69, 9.17) is 32.2 Å². The molecule has 2 aromatic carbocycles. The zero-order valence-electron chi connectivity index (χ0n) is 12.5. The van der Waals surface area contributed by atoms with Crippen molar-refractivity contribution in [1.82, 2.24) is 0 Å². The number of rotatable bonds is 8. The normalized spacial score (nSPS) is 10.0. The van der Waals surface area contributed by atoms with E-state index >= 15 is 0 Å². The van der Waals surface area contributed by atoms with Crippen molar-refractivity contribution in [2.45, 2.75) is 6.92 Å². The summed E-state index contributed by atoms with van der Waals surface area (Å²) in [7, 11) is 0. The SMILES string of the molecule is CCOc1cc(C(N)=S)ccc1OCCOc1ccccc1. The van der Waals surface area contributed by atoms with Gasteiger partial charge in [0.25, 0.3) is 0 Å². The zero-order valence-corrected chi connectivity index (χ0v) is 13.3. The molecule has 5 heteroatoms. The molecule has 0 saturated heterocycles. The number of benzene rings is 2. The molecule has 0 unspecified atom stereocenters. The number of nitrogens with two attached hydrogens (primary N) is 1. The van der Waals surface area contributed by atoms with E-state index in [0.717, 1.165) is 11.3 Å². The second-order valence-corrected chi connectivity index (χ2v) is 4.91. The fourth-order valence-electron chi connectivity index (χ4n) is 1.88. The van der Waals surface area contributed by atoms with Crippen molar-refractivity contribution in [1.29, 1.82) is 0 Å². The van der Waals surface area contributed by atoms with Gasteiger partial charge in [-0.1, -0.05) is 30.4 Å². The summed E-state index contributed by atoms with van der Waals surface area (Å²) in [6.07, 6.45) is 0. The number of hydrogen-bond acceptors (Lipinski definition) is 4. The van der Waals surface area contributed by atoms with Crippen LogP contribution in [-0.4, -0.2) is 24.8 Å². The Labute approximate surface area is 135 Å². The molecule has 0 aliphatic heterocycles. The van der Waals surface area contributed by atoms with Gasteiger partial charge < -0.3 is 19.9 Å². The van der Waals surface area contributed by atoms with Crippen LogP contribution in [0.25, 0.3) is 0 Å². The van der Waals surface area contributed by atoms with Gasteiger partial charge >= 0.3 is 0 Å². The maximum atomic E-state index is 5.71. The molecule has 2 rings (SSSR count). The summed E-state index contributed by atoms with van der Waals surface area (Å²) in [6, 6.07) is 15.0. The Hall–Kier alpha value is -2.27. The van der Waals surface area contributed by atoms with Crippen LogP contribution in [0.5, 0.6) is 17.2 Å². The smallest absolute Gasteiger partial charge is 0.161 e. The summed E-state index contributed by atoms with van der Waals surface area (Å²) < 4.78 is 16.9. The second kappa shape index (κ2) is 8.24. The first kappa shape index (κ1) is 16.1. The molecule has 0 fully saturated rings. The van der Waals surface area contributed by atoms with E-state index in [1.165, 1.54) is 0 Å². The summed E-state index contributed by atoms with van der Waals surface area (Å²) in [6.45, 7) is 3.32. The molecule has 0 spiro atoms. The highest BCUT2D eigenvalue weighted by Gasteiger charge is 2.08. The van der Waals surface area contributed by atoms with E-state index in [-0.39, 0.29) is 0 Å². The van der Waals surface area contributed by atoms with Crippen molar-refractivity contribution < 1.29 is 14.2 Å². The minimum Gasteiger partial charge on any atom is -0.490 e. The minimum atomic E-state index is 0.333. The molecule has 0 aliphatic rings. The molecule has 0 heterocycles. The minimum absolute atomic E-state index is 0.333. The maximum Gasteiger partial charge on any atom is 0.161 e. The van der Waals surface area contributed by atoms with Crippen LogP contribution < -0.4 is 19.9 Å². The Morgan fingerprint density at radius 2 is 1.68 bits per heavy atom. The van der Waals surface area contributed by atoms with Crippen LogP contribution in [-0.2, 0) is 0 Å². The van der Waals surface area contributed by atoms with Gasteiger partial charge in [0.15, 0.2) is 11.5 Å². The molecule has 4 nitrogen and oxygen atoms in total. The lowest BCUT2D eigenvalue weighted by molar-refractivity contribution is 0.208. The van der Waals surface area contributed by atoms with Crippen molar-refractivity contribution in [2.75, 3.05) is 19.8 Å². The zero-order chi connectivity index (χ0) is 15.8. The molecule has 0 atom stereocenters. The molecular formula is C17H19NO3S. The number of ether oxygens (including phenoxy) is 3. The van der Waals surface area contributed by atoms with Gasteiger partial charge in [-0.05, 0) is 37.3 Å². The second-order valence-electron chi connectivity index (χ2n) is 4.47. The van der Waals surface area contributed by atoms with Crippen molar-refractivity contribution in [3.8, 4) is 17.2 Å². The lowest BCUT2D eigenvalue weighted by atomic mass is 10.2. The summed E-state index contributed by atoms with van der Waals surface area (Å²) >= 11 is 4.97. The van der Waals surface area contributed by atoms with E-state index in [1.807, 2.05) is 49.4 Å². The van der Waals surface area contributed by atoms with Crippen LogP contribution in [0.3, 0.4) is 0 Å². The summed E-state index contributed by atoms with van der Waals surface area (Å²) in [4.78, 5) is 0.333. The van der Waals surface area contributed by atoms with Gasteiger partial charge in [-0.2, -0.15) is 0 Å². The quantitative estimate of drug-likeness (QED) is 0.598. The predicted molar refractivity (Wildman–Crippen MR) is 90.9 cm³/mol. The molecule has 0 aliphatic carbocycles. The standard InChI is InChI=1S/C17H19NO3S/c1-2-19-16-12-13(17(18)22)8-9-15(16)21-11-10-20-14-6-4-3-5-7-14/h3-9,12H,2,10-11H2,1H3,(H2,18,22). The average Bonchev–Trinajstić information content (AvgIpc) is 2.53. The Morgan fingerprint density at radius 3 is 2.36 bits per heavy atom. The molecule has 0 aromatic heterocycles. The summed E-state index contributed by atoms with van der Waals surface area (Å²) in [5.74, 6) is 2.10. The Bertz CT molecular complexity index is 617. The van der Waals surface area contributed by atoms with Gasteiger partial charge in [0.2, 0.25) is 0 Å². The molecule has 2 N–H and O–H groups in total. The Morgan fingerprint density at radius 1 is 0.955 bits per heavy atom. The van der Waals surface area contributed by atoms with E-state index < -0.39 is 0 Å². The number of thiocarbonyl (C=S) groups is 1. The van der Waals surface area contributed by atoms with Crippen molar-refractivity contribution >= 4 is 17.2 Å². The average molecular weight is 317 g/mol. The highest BCUT2D eigenvalue weighted by molar-refractivity contribution is 7.80. The topological polar surface area (TPSA) is 53.7 Å². The van der Waals surface area contributed by atoms with E-state index in [9.17, 15) is 0 Å². The van der Waals surface area contributed by atoms with Gasteiger partial charge in [-0.3, -0.25) is 0 Å². The van der Waals surface area contributed by atoms with Crippen LogP contribution in [0, 0.1) is 0 Å². The molecule has 0 saturated carbocycles. The third-order valence-corrected chi connectivity index (χ3v) is 3.12. The van der Waals surface area contributed by atoms with Crippen LogP contribution in [0.15, 0.2) is 48.5 Å². The van der Waals surface area contributed by atoms with Crippen LogP contribution in [0.4, 0.5) is 0 Å². The van der Waals surface area contributed by atoms with E-state index in [1.54, 1.807) is 6.07 Å². The lowest BCUT2D eigenvalue weighted by Gasteiger charge is -2.13. The van der Waals surface area contributed by atoms with Crippen molar-refractivity contribution in [3.05, 3.63) is 54.1 Å². The third kappa shape index (κ3) is 4.63. The van der Waals surface area contributed by atoms with Crippen molar-refractivity contribution in [2.24, 2.45) is 5.73 Å². The molecular weight excluding hydrogens is 298 g/mol. The van der Waals surface area contributed by atoms with Gasteiger partial charge in [0.1, 0.15) is 24.0 Å². The van der Waals surface area contributed by atoms with E-state index in [2.05, 4.69) is 0 Å². The summed E-state index contributed by atoms with van der Waals surface area (Å²) in [5.41, 5.74) is 6.39. The molecule has 0 amide bonds. The van der Waals surface area contributed by atoms with Gasteiger partial charge in [0.05, 0.1) is 6.61 Å².